The number of pyridine rings is 1. The summed E-state index contributed by atoms with van der Waals surface area (Å²) in [5.74, 6) is -0.505. The van der Waals surface area contributed by atoms with E-state index in [1.165, 1.54) is 6.20 Å². The normalized spacial score (nSPS) is 11.1. The average molecular weight is 393 g/mol. The van der Waals surface area contributed by atoms with E-state index >= 15 is 0 Å². The first-order chi connectivity index (χ1) is 13.7. The molecule has 29 heavy (non-hydrogen) atoms. The zero-order valence-electron chi connectivity index (χ0n) is 16.5. The van der Waals surface area contributed by atoms with Gasteiger partial charge in [-0.05, 0) is 50.6 Å². The SMILES string of the molecule is CC(C)(C)OC(=O)NCc1cccc(NC(=O)c2c[nH]c3ccccc3c2=O)c1. The molecule has 3 rings (SSSR count). The predicted octanol–water partition coefficient (Wildman–Crippen LogP) is 3.81. The minimum absolute atomic E-state index is 0.0287. The molecule has 1 aromatic heterocycles. The Morgan fingerprint density at radius 3 is 2.59 bits per heavy atom. The van der Waals surface area contributed by atoms with Gasteiger partial charge >= 0.3 is 6.09 Å². The molecule has 7 heteroatoms. The molecule has 2 amide bonds. The number of alkyl carbamates (subject to hydrolysis) is 1. The van der Waals surface area contributed by atoms with Crippen molar-refractivity contribution in [3.05, 3.63) is 76.1 Å². The van der Waals surface area contributed by atoms with E-state index in [2.05, 4.69) is 15.6 Å². The number of carbonyl (C=O) groups excluding carboxylic acids is 2. The third-order valence-electron chi connectivity index (χ3n) is 4.05. The van der Waals surface area contributed by atoms with Gasteiger partial charge in [-0.1, -0.05) is 24.3 Å². The van der Waals surface area contributed by atoms with Crippen LogP contribution in [0.15, 0.2) is 59.5 Å². The fourth-order valence-electron chi connectivity index (χ4n) is 2.78. The fourth-order valence-corrected chi connectivity index (χ4v) is 2.78. The van der Waals surface area contributed by atoms with E-state index in [0.717, 1.165) is 5.56 Å². The molecule has 2 aromatic carbocycles. The number of anilines is 1. The van der Waals surface area contributed by atoms with E-state index in [-0.39, 0.29) is 17.5 Å². The standard InChI is InChI=1S/C22H23N3O4/c1-22(2,3)29-21(28)24-12-14-7-6-8-15(11-14)25-20(27)17-13-23-18-10-5-4-9-16(18)19(17)26/h4-11,13H,12H2,1-3H3,(H,23,26)(H,24,28)(H,25,27). The van der Waals surface area contributed by atoms with Crippen molar-refractivity contribution in [3.63, 3.8) is 0 Å². The number of rotatable bonds is 4. The van der Waals surface area contributed by atoms with Crippen molar-refractivity contribution in [2.45, 2.75) is 32.9 Å². The Bertz CT molecular complexity index is 1110. The van der Waals surface area contributed by atoms with Gasteiger partial charge in [0, 0.05) is 29.3 Å². The Balaban J connectivity index is 1.70. The lowest BCUT2D eigenvalue weighted by molar-refractivity contribution is 0.0523. The molecule has 0 saturated heterocycles. The van der Waals surface area contributed by atoms with Crippen molar-refractivity contribution >= 4 is 28.6 Å². The van der Waals surface area contributed by atoms with Gasteiger partial charge < -0.3 is 20.4 Å². The lowest BCUT2D eigenvalue weighted by atomic mass is 10.1. The third-order valence-corrected chi connectivity index (χ3v) is 4.05. The Labute approximate surface area is 168 Å². The first-order valence-electron chi connectivity index (χ1n) is 9.20. The number of ether oxygens (including phenoxy) is 1. The summed E-state index contributed by atoms with van der Waals surface area (Å²) in [6, 6.07) is 14.0. The van der Waals surface area contributed by atoms with Gasteiger partial charge in [0.2, 0.25) is 5.43 Å². The van der Waals surface area contributed by atoms with Crippen molar-refractivity contribution < 1.29 is 14.3 Å². The molecule has 3 N–H and O–H groups in total. The van der Waals surface area contributed by atoms with Gasteiger partial charge in [-0.3, -0.25) is 9.59 Å². The summed E-state index contributed by atoms with van der Waals surface area (Å²) in [5, 5.41) is 5.85. The van der Waals surface area contributed by atoms with Crippen LogP contribution in [-0.4, -0.2) is 22.6 Å². The van der Waals surface area contributed by atoms with E-state index in [9.17, 15) is 14.4 Å². The van der Waals surface area contributed by atoms with E-state index in [4.69, 9.17) is 4.74 Å². The topological polar surface area (TPSA) is 100 Å². The second-order valence-electron chi connectivity index (χ2n) is 7.59. The monoisotopic (exact) mass is 393 g/mol. The summed E-state index contributed by atoms with van der Waals surface area (Å²) in [6.45, 7) is 5.61. The number of nitrogens with one attached hydrogen (secondary N) is 3. The molecule has 0 saturated carbocycles. The van der Waals surface area contributed by atoms with E-state index in [1.54, 1.807) is 57.2 Å². The highest BCUT2D eigenvalue weighted by Gasteiger charge is 2.16. The van der Waals surface area contributed by atoms with Crippen LogP contribution in [0.4, 0.5) is 10.5 Å². The van der Waals surface area contributed by atoms with E-state index in [0.29, 0.717) is 16.6 Å². The lowest BCUT2D eigenvalue weighted by Gasteiger charge is -2.19. The number of aromatic nitrogens is 1. The first kappa shape index (κ1) is 20.1. The molecular formula is C22H23N3O4. The van der Waals surface area contributed by atoms with E-state index in [1.807, 2.05) is 12.1 Å². The molecule has 0 spiro atoms. The fraction of sp³-hybridized carbons (Fsp3) is 0.227. The van der Waals surface area contributed by atoms with Crippen LogP contribution < -0.4 is 16.1 Å². The number of H-pyrrole nitrogens is 1. The zero-order valence-corrected chi connectivity index (χ0v) is 16.5. The number of fused-ring (bicyclic) bond motifs is 1. The van der Waals surface area contributed by atoms with Gasteiger partial charge in [-0.25, -0.2) is 4.79 Å². The predicted molar refractivity (Wildman–Crippen MR) is 112 cm³/mol. The van der Waals surface area contributed by atoms with Crippen LogP contribution >= 0.6 is 0 Å². The molecule has 3 aromatic rings. The molecule has 0 fully saturated rings. The second-order valence-corrected chi connectivity index (χ2v) is 7.59. The highest BCUT2D eigenvalue weighted by Crippen LogP contribution is 2.13. The van der Waals surface area contributed by atoms with Crippen molar-refractivity contribution in [2.75, 3.05) is 5.32 Å². The number of amides is 2. The zero-order chi connectivity index (χ0) is 21.0. The molecule has 0 unspecified atom stereocenters. The Kier molecular flexibility index (Phi) is 5.68. The smallest absolute Gasteiger partial charge is 0.407 e. The van der Waals surface area contributed by atoms with Crippen LogP contribution in [0.5, 0.6) is 0 Å². The first-order valence-corrected chi connectivity index (χ1v) is 9.20. The summed E-state index contributed by atoms with van der Waals surface area (Å²) in [4.78, 5) is 39.9. The van der Waals surface area contributed by atoms with Crippen molar-refractivity contribution in [1.29, 1.82) is 0 Å². The third kappa shape index (κ3) is 5.22. The second kappa shape index (κ2) is 8.18. The summed E-state index contributed by atoms with van der Waals surface area (Å²) < 4.78 is 5.20. The number of benzene rings is 2. The van der Waals surface area contributed by atoms with Crippen LogP contribution in [0.3, 0.4) is 0 Å². The van der Waals surface area contributed by atoms with Crippen LogP contribution in [-0.2, 0) is 11.3 Å². The molecule has 0 bridgehead atoms. The Hall–Kier alpha value is -3.61. The molecule has 150 valence electrons. The minimum atomic E-state index is -0.577. The number of aromatic amines is 1. The summed E-state index contributed by atoms with van der Waals surface area (Å²) in [6.07, 6.45) is 0.892. The number of hydrogen-bond acceptors (Lipinski definition) is 4. The van der Waals surface area contributed by atoms with E-state index < -0.39 is 17.6 Å². The molecule has 7 nitrogen and oxygen atoms in total. The van der Waals surface area contributed by atoms with Gasteiger partial charge in [-0.2, -0.15) is 0 Å². The number of carbonyl (C=O) groups is 2. The number of hydrogen-bond donors (Lipinski definition) is 3. The molecular weight excluding hydrogens is 370 g/mol. The van der Waals surface area contributed by atoms with Crippen molar-refractivity contribution in [3.8, 4) is 0 Å². The Morgan fingerprint density at radius 1 is 1.07 bits per heavy atom. The highest BCUT2D eigenvalue weighted by molar-refractivity contribution is 6.05. The average Bonchev–Trinajstić information content (AvgIpc) is 2.66. The molecule has 0 atom stereocenters. The van der Waals surface area contributed by atoms with Crippen molar-refractivity contribution in [2.24, 2.45) is 0 Å². The minimum Gasteiger partial charge on any atom is -0.444 e. The summed E-state index contributed by atoms with van der Waals surface area (Å²) in [7, 11) is 0. The molecule has 0 radical (unpaired) electrons. The lowest BCUT2D eigenvalue weighted by Crippen LogP contribution is -2.32. The van der Waals surface area contributed by atoms with Gasteiger partial charge in [0.15, 0.2) is 0 Å². The van der Waals surface area contributed by atoms with Gasteiger partial charge in [0.25, 0.3) is 5.91 Å². The maximum Gasteiger partial charge on any atom is 0.407 e. The van der Waals surface area contributed by atoms with Gasteiger partial charge in [0.05, 0.1) is 0 Å². The van der Waals surface area contributed by atoms with Crippen LogP contribution in [0.25, 0.3) is 10.9 Å². The largest absolute Gasteiger partial charge is 0.444 e. The van der Waals surface area contributed by atoms with Crippen LogP contribution in [0, 0.1) is 0 Å². The van der Waals surface area contributed by atoms with Crippen LogP contribution in [0.2, 0.25) is 0 Å². The van der Waals surface area contributed by atoms with Crippen molar-refractivity contribution in [1.82, 2.24) is 10.3 Å². The number of para-hydroxylation sites is 1. The van der Waals surface area contributed by atoms with Gasteiger partial charge in [-0.15, -0.1) is 0 Å². The Morgan fingerprint density at radius 2 is 1.83 bits per heavy atom. The molecule has 0 aliphatic rings. The van der Waals surface area contributed by atoms with Gasteiger partial charge in [0.1, 0.15) is 11.2 Å². The summed E-state index contributed by atoms with van der Waals surface area (Å²) in [5.41, 5.74) is 1.09. The molecule has 1 heterocycles. The van der Waals surface area contributed by atoms with Crippen LogP contribution in [0.1, 0.15) is 36.7 Å². The maximum absolute atomic E-state index is 12.6. The quantitative estimate of drug-likeness (QED) is 0.627. The molecule has 0 aliphatic carbocycles. The maximum atomic E-state index is 12.6. The summed E-state index contributed by atoms with van der Waals surface area (Å²) >= 11 is 0. The molecule has 0 aliphatic heterocycles. The highest BCUT2D eigenvalue weighted by atomic mass is 16.6.